The normalized spacial score (nSPS) is 14.9. The molecule has 1 aliphatic carbocycles. The molecule has 0 spiro atoms. The van der Waals surface area contributed by atoms with Crippen LogP contribution in [0, 0.1) is 11.7 Å². The molecule has 0 radical (unpaired) electrons. The number of anilines is 1. The van der Waals surface area contributed by atoms with E-state index in [1.54, 1.807) is 42.5 Å². The molecule has 1 saturated carbocycles. The second kappa shape index (κ2) is 8.06. The molecule has 1 amide bonds. The zero-order valence-corrected chi connectivity index (χ0v) is 14.1. The van der Waals surface area contributed by atoms with Gasteiger partial charge < -0.3 is 5.32 Å². The van der Waals surface area contributed by atoms with Crippen molar-refractivity contribution in [1.29, 1.82) is 0 Å². The highest BCUT2D eigenvalue weighted by Crippen LogP contribution is 2.26. The molecule has 3 nitrogen and oxygen atoms in total. The highest BCUT2D eigenvalue weighted by Gasteiger charge is 2.22. The Morgan fingerprint density at radius 2 is 1.64 bits per heavy atom. The van der Waals surface area contributed by atoms with Crippen molar-refractivity contribution in [2.45, 2.75) is 38.5 Å². The minimum atomic E-state index is -0.389. The van der Waals surface area contributed by atoms with Gasteiger partial charge in [0.2, 0.25) is 5.91 Å². The fourth-order valence-corrected chi connectivity index (χ4v) is 3.34. The first-order chi connectivity index (χ1) is 12.1. The van der Waals surface area contributed by atoms with E-state index in [1.165, 1.54) is 12.5 Å². The van der Waals surface area contributed by atoms with Gasteiger partial charge in [0.25, 0.3) is 0 Å². The number of nitrogens with one attached hydrogen (secondary N) is 1. The third-order valence-corrected chi connectivity index (χ3v) is 4.77. The quantitative estimate of drug-likeness (QED) is 0.798. The Bertz CT molecular complexity index is 766. The number of hydrogen-bond acceptors (Lipinski definition) is 2. The van der Waals surface area contributed by atoms with E-state index in [0.29, 0.717) is 16.8 Å². The molecular weight excluding hydrogens is 317 g/mol. The molecule has 0 saturated heterocycles. The largest absolute Gasteiger partial charge is 0.325 e. The number of amides is 1. The molecule has 130 valence electrons. The van der Waals surface area contributed by atoms with Crippen LogP contribution in [0.5, 0.6) is 0 Å². The third kappa shape index (κ3) is 4.32. The van der Waals surface area contributed by atoms with Crippen molar-refractivity contribution in [3.05, 3.63) is 65.5 Å². The minimum Gasteiger partial charge on any atom is -0.325 e. The number of rotatable bonds is 5. The lowest BCUT2D eigenvalue weighted by Gasteiger charge is -2.21. The molecule has 1 fully saturated rings. The molecule has 1 N–H and O–H groups in total. The second-order valence-corrected chi connectivity index (χ2v) is 6.56. The number of para-hydroxylation sites is 1. The van der Waals surface area contributed by atoms with E-state index < -0.39 is 0 Å². The van der Waals surface area contributed by atoms with E-state index in [1.807, 2.05) is 0 Å². The maximum absolute atomic E-state index is 13.8. The van der Waals surface area contributed by atoms with Crippen LogP contribution in [-0.4, -0.2) is 11.7 Å². The maximum Gasteiger partial charge on any atom is 0.227 e. The van der Waals surface area contributed by atoms with Crippen LogP contribution >= 0.6 is 0 Å². The van der Waals surface area contributed by atoms with Crippen LogP contribution in [0.1, 0.15) is 48.0 Å². The molecule has 0 atom stereocenters. The Balaban J connectivity index is 1.75. The van der Waals surface area contributed by atoms with E-state index in [-0.39, 0.29) is 29.8 Å². The van der Waals surface area contributed by atoms with Gasteiger partial charge in [0, 0.05) is 17.9 Å². The molecule has 0 heterocycles. The average Bonchev–Trinajstić information content (AvgIpc) is 2.64. The van der Waals surface area contributed by atoms with Crippen LogP contribution < -0.4 is 5.32 Å². The number of halogens is 1. The predicted molar refractivity (Wildman–Crippen MR) is 96.1 cm³/mol. The first-order valence-corrected chi connectivity index (χ1v) is 8.81. The van der Waals surface area contributed by atoms with E-state index in [0.717, 1.165) is 25.7 Å². The Morgan fingerprint density at radius 3 is 2.40 bits per heavy atom. The van der Waals surface area contributed by atoms with Gasteiger partial charge in [-0.25, -0.2) is 4.39 Å². The van der Waals surface area contributed by atoms with Crippen molar-refractivity contribution >= 4 is 17.4 Å². The molecule has 0 bridgehead atoms. The van der Waals surface area contributed by atoms with Gasteiger partial charge in [-0.3, -0.25) is 9.59 Å². The Hall–Kier alpha value is -2.49. The molecule has 1 aliphatic rings. The maximum atomic E-state index is 13.8. The van der Waals surface area contributed by atoms with Crippen molar-refractivity contribution < 1.29 is 14.0 Å². The summed E-state index contributed by atoms with van der Waals surface area (Å²) < 4.78 is 13.8. The number of Topliss-reactive ketones (excluding diaryl/α,β-unsaturated/α-hetero) is 1. The molecule has 25 heavy (non-hydrogen) atoms. The summed E-state index contributed by atoms with van der Waals surface area (Å²) in [6.45, 7) is 0. The molecule has 0 aliphatic heterocycles. The standard InChI is InChI=1S/C21H22FNO2/c22-18-12-6-4-10-16(18)14-20(24)17-11-5-7-13-19(17)23-21(25)15-8-2-1-3-9-15/h4-7,10-13,15H,1-3,8-9,14H2,(H,23,25). The van der Waals surface area contributed by atoms with E-state index in [4.69, 9.17) is 0 Å². The Kier molecular flexibility index (Phi) is 5.59. The lowest BCUT2D eigenvalue weighted by molar-refractivity contribution is -0.120. The number of ketones is 1. The summed E-state index contributed by atoms with van der Waals surface area (Å²) >= 11 is 0. The topological polar surface area (TPSA) is 46.2 Å². The lowest BCUT2D eigenvalue weighted by atomic mass is 9.88. The van der Waals surface area contributed by atoms with Gasteiger partial charge >= 0.3 is 0 Å². The molecule has 2 aromatic rings. The van der Waals surface area contributed by atoms with Gasteiger partial charge in [-0.05, 0) is 36.6 Å². The van der Waals surface area contributed by atoms with Crippen molar-refractivity contribution in [3.63, 3.8) is 0 Å². The highest BCUT2D eigenvalue weighted by molar-refractivity contribution is 6.06. The van der Waals surface area contributed by atoms with Crippen LogP contribution in [0.4, 0.5) is 10.1 Å². The number of carbonyl (C=O) groups excluding carboxylic acids is 2. The number of hydrogen-bond donors (Lipinski definition) is 1. The number of benzene rings is 2. The van der Waals surface area contributed by atoms with Crippen molar-refractivity contribution in [2.24, 2.45) is 5.92 Å². The van der Waals surface area contributed by atoms with Gasteiger partial charge in [-0.1, -0.05) is 49.6 Å². The summed E-state index contributed by atoms with van der Waals surface area (Å²) in [7, 11) is 0. The van der Waals surface area contributed by atoms with E-state index >= 15 is 0 Å². The van der Waals surface area contributed by atoms with Crippen LogP contribution in [0.15, 0.2) is 48.5 Å². The molecule has 0 aromatic heterocycles. The fraction of sp³-hybridized carbons (Fsp3) is 0.333. The molecule has 2 aromatic carbocycles. The molecular formula is C21H22FNO2. The third-order valence-electron chi connectivity index (χ3n) is 4.77. The smallest absolute Gasteiger partial charge is 0.227 e. The van der Waals surface area contributed by atoms with Crippen LogP contribution in [-0.2, 0) is 11.2 Å². The number of carbonyl (C=O) groups is 2. The average molecular weight is 339 g/mol. The first-order valence-electron chi connectivity index (χ1n) is 8.81. The monoisotopic (exact) mass is 339 g/mol. The predicted octanol–water partition coefficient (Wildman–Crippen LogP) is 4.77. The Morgan fingerprint density at radius 1 is 0.960 bits per heavy atom. The van der Waals surface area contributed by atoms with Crippen LogP contribution in [0.25, 0.3) is 0 Å². The van der Waals surface area contributed by atoms with Crippen molar-refractivity contribution in [2.75, 3.05) is 5.32 Å². The van der Waals surface area contributed by atoms with E-state index in [2.05, 4.69) is 5.32 Å². The summed E-state index contributed by atoms with van der Waals surface area (Å²) in [5.41, 5.74) is 1.30. The van der Waals surface area contributed by atoms with Crippen molar-refractivity contribution in [1.82, 2.24) is 0 Å². The summed E-state index contributed by atoms with van der Waals surface area (Å²) in [5, 5.41) is 2.91. The SMILES string of the molecule is O=C(Cc1ccccc1F)c1ccccc1NC(=O)C1CCCCC1. The zero-order chi connectivity index (χ0) is 17.6. The van der Waals surface area contributed by atoms with Gasteiger partial charge in [0.1, 0.15) is 5.82 Å². The lowest BCUT2D eigenvalue weighted by Crippen LogP contribution is -2.25. The van der Waals surface area contributed by atoms with Gasteiger partial charge in [0.05, 0.1) is 5.69 Å². The minimum absolute atomic E-state index is 0.0171. The van der Waals surface area contributed by atoms with Gasteiger partial charge in [0.15, 0.2) is 5.78 Å². The van der Waals surface area contributed by atoms with Gasteiger partial charge in [-0.15, -0.1) is 0 Å². The summed E-state index contributed by atoms with van der Waals surface area (Å²) in [6.07, 6.45) is 5.11. The molecule has 3 rings (SSSR count). The zero-order valence-electron chi connectivity index (χ0n) is 14.1. The fourth-order valence-electron chi connectivity index (χ4n) is 3.34. The molecule has 0 unspecified atom stereocenters. The summed E-state index contributed by atoms with van der Waals surface area (Å²) in [4.78, 5) is 25.1. The first kappa shape index (κ1) is 17.3. The Labute approximate surface area is 147 Å². The van der Waals surface area contributed by atoms with Crippen LogP contribution in [0.3, 0.4) is 0 Å². The van der Waals surface area contributed by atoms with Crippen LogP contribution in [0.2, 0.25) is 0 Å². The van der Waals surface area contributed by atoms with E-state index in [9.17, 15) is 14.0 Å². The summed E-state index contributed by atoms with van der Waals surface area (Å²) in [6, 6.07) is 13.2. The van der Waals surface area contributed by atoms with Gasteiger partial charge in [-0.2, -0.15) is 0 Å². The highest BCUT2D eigenvalue weighted by atomic mass is 19.1. The molecule has 4 heteroatoms. The summed E-state index contributed by atoms with van der Waals surface area (Å²) in [5.74, 6) is -0.599. The van der Waals surface area contributed by atoms with Crippen molar-refractivity contribution in [3.8, 4) is 0 Å². The second-order valence-electron chi connectivity index (χ2n) is 6.56.